The minimum atomic E-state index is -0.165. The molecule has 0 aliphatic carbocycles. The summed E-state index contributed by atoms with van der Waals surface area (Å²) in [5.74, 6) is 0.440. The Bertz CT molecular complexity index is 230. The SMILES string of the molecule is CCSC(C)C1C(=O)NC(=O)C1C. The van der Waals surface area contributed by atoms with E-state index in [1.807, 2.05) is 13.8 Å². The summed E-state index contributed by atoms with van der Waals surface area (Å²) in [6, 6.07) is 0. The lowest BCUT2D eigenvalue weighted by molar-refractivity contribution is -0.126. The lowest BCUT2D eigenvalue weighted by Gasteiger charge is -2.18. The van der Waals surface area contributed by atoms with Crippen LogP contribution in [0.3, 0.4) is 0 Å². The van der Waals surface area contributed by atoms with Gasteiger partial charge in [0.2, 0.25) is 11.8 Å². The molecule has 0 saturated carbocycles. The fraction of sp³-hybridized carbons (Fsp3) is 0.778. The maximum atomic E-state index is 11.4. The quantitative estimate of drug-likeness (QED) is 0.694. The highest BCUT2D eigenvalue weighted by atomic mass is 32.2. The van der Waals surface area contributed by atoms with Crippen molar-refractivity contribution in [3.8, 4) is 0 Å². The van der Waals surface area contributed by atoms with Crippen molar-refractivity contribution in [2.75, 3.05) is 5.75 Å². The van der Waals surface area contributed by atoms with Crippen molar-refractivity contribution in [1.29, 1.82) is 0 Å². The van der Waals surface area contributed by atoms with Gasteiger partial charge in [-0.05, 0) is 5.75 Å². The summed E-state index contributed by atoms with van der Waals surface area (Å²) in [6.45, 7) is 5.88. The normalized spacial score (nSPS) is 30.4. The minimum Gasteiger partial charge on any atom is -0.296 e. The number of imide groups is 1. The van der Waals surface area contributed by atoms with Crippen molar-refractivity contribution in [3.05, 3.63) is 0 Å². The number of carbonyl (C=O) groups is 2. The molecule has 2 amide bonds. The Morgan fingerprint density at radius 2 is 2.08 bits per heavy atom. The first-order chi connectivity index (χ1) is 6.07. The molecule has 0 aromatic carbocycles. The van der Waals surface area contributed by atoms with Gasteiger partial charge in [-0.3, -0.25) is 14.9 Å². The number of hydrogen-bond acceptors (Lipinski definition) is 3. The summed E-state index contributed by atoms with van der Waals surface area (Å²) >= 11 is 1.72. The molecule has 1 aliphatic heterocycles. The molecular weight excluding hydrogens is 186 g/mol. The highest BCUT2D eigenvalue weighted by molar-refractivity contribution is 7.99. The van der Waals surface area contributed by atoms with Crippen molar-refractivity contribution < 1.29 is 9.59 Å². The Balaban J connectivity index is 2.67. The zero-order chi connectivity index (χ0) is 10.0. The van der Waals surface area contributed by atoms with Crippen LogP contribution >= 0.6 is 11.8 Å². The van der Waals surface area contributed by atoms with Crippen LogP contribution in [0.25, 0.3) is 0 Å². The van der Waals surface area contributed by atoms with E-state index < -0.39 is 0 Å². The highest BCUT2D eigenvalue weighted by Gasteiger charge is 2.41. The van der Waals surface area contributed by atoms with E-state index in [1.165, 1.54) is 0 Å². The van der Waals surface area contributed by atoms with Crippen LogP contribution in [0.5, 0.6) is 0 Å². The van der Waals surface area contributed by atoms with Crippen LogP contribution in [-0.2, 0) is 9.59 Å². The third-order valence-electron chi connectivity index (χ3n) is 2.44. The van der Waals surface area contributed by atoms with Crippen molar-refractivity contribution >= 4 is 23.6 Å². The molecule has 3 nitrogen and oxygen atoms in total. The monoisotopic (exact) mass is 201 g/mol. The molecule has 1 heterocycles. The molecule has 1 N–H and O–H groups in total. The van der Waals surface area contributed by atoms with Gasteiger partial charge in [-0.2, -0.15) is 11.8 Å². The first-order valence-electron chi connectivity index (χ1n) is 4.54. The molecular formula is C9H15NO2S. The molecule has 3 atom stereocenters. The largest absolute Gasteiger partial charge is 0.296 e. The second kappa shape index (κ2) is 4.13. The number of hydrogen-bond donors (Lipinski definition) is 1. The van der Waals surface area contributed by atoms with Gasteiger partial charge in [0.1, 0.15) is 0 Å². The standard InChI is InChI=1S/C9H15NO2S/c1-4-13-6(3)7-5(2)8(11)10-9(7)12/h5-7H,4H2,1-3H3,(H,10,11,12). The van der Waals surface area contributed by atoms with Gasteiger partial charge in [0.25, 0.3) is 0 Å². The lowest BCUT2D eigenvalue weighted by atomic mass is 9.94. The van der Waals surface area contributed by atoms with Crippen LogP contribution in [0.15, 0.2) is 0 Å². The van der Waals surface area contributed by atoms with E-state index in [1.54, 1.807) is 11.8 Å². The Labute approximate surface area is 82.6 Å². The van der Waals surface area contributed by atoms with Crippen molar-refractivity contribution in [1.82, 2.24) is 5.32 Å². The molecule has 4 heteroatoms. The molecule has 1 rings (SSSR count). The molecule has 0 radical (unpaired) electrons. The number of amides is 2. The fourth-order valence-electron chi connectivity index (χ4n) is 1.69. The highest BCUT2D eigenvalue weighted by Crippen LogP contribution is 2.29. The Hall–Kier alpha value is -0.510. The second-order valence-corrected chi connectivity index (χ2v) is 4.98. The predicted octanol–water partition coefficient (Wildman–Crippen LogP) is 1.04. The first-order valence-corrected chi connectivity index (χ1v) is 5.59. The summed E-state index contributed by atoms with van der Waals surface area (Å²) in [7, 11) is 0. The number of thioether (sulfide) groups is 1. The Morgan fingerprint density at radius 3 is 2.46 bits per heavy atom. The van der Waals surface area contributed by atoms with Gasteiger partial charge in [-0.1, -0.05) is 20.8 Å². The van der Waals surface area contributed by atoms with Gasteiger partial charge in [0.15, 0.2) is 0 Å². The Kier molecular flexibility index (Phi) is 3.36. The average Bonchev–Trinajstić information content (AvgIpc) is 2.27. The Morgan fingerprint density at radius 1 is 1.46 bits per heavy atom. The molecule has 0 spiro atoms. The zero-order valence-electron chi connectivity index (χ0n) is 8.16. The van der Waals surface area contributed by atoms with Crippen molar-refractivity contribution in [3.63, 3.8) is 0 Å². The number of rotatable bonds is 3. The molecule has 0 aromatic heterocycles. The third kappa shape index (κ3) is 2.05. The summed E-state index contributed by atoms with van der Waals surface area (Å²) in [6.07, 6.45) is 0. The summed E-state index contributed by atoms with van der Waals surface area (Å²) in [5.41, 5.74) is 0. The molecule has 1 fully saturated rings. The van der Waals surface area contributed by atoms with Gasteiger partial charge < -0.3 is 0 Å². The second-order valence-electron chi connectivity index (χ2n) is 3.33. The van der Waals surface area contributed by atoms with E-state index in [4.69, 9.17) is 0 Å². The molecule has 0 bridgehead atoms. The maximum Gasteiger partial charge on any atom is 0.231 e. The minimum absolute atomic E-state index is 0.106. The van der Waals surface area contributed by atoms with Crippen molar-refractivity contribution in [2.24, 2.45) is 11.8 Å². The van der Waals surface area contributed by atoms with E-state index in [0.29, 0.717) is 0 Å². The predicted molar refractivity (Wildman–Crippen MR) is 53.4 cm³/mol. The lowest BCUT2D eigenvalue weighted by Crippen LogP contribution is -2.27. The average molecular weight is 201 g/mol. The van der Waals surface area contributed by atoms with E-state index in [0.717, 1.165) is 5.75 Å². The summed E-state index contributed by atoms with van der Waals surface area (Å²) < 4.78 is 0. The smallest absolute Gasteiger partial charge is 0.231 e. The summed E-state index contributed by atoms with van der Waals surface area (Å²) in [5, 5.41) is 2.59. The van der Waals surface area contributed by atoms with Crippen LogP contribution < -0.4 is 5.32 Å². The molecule has 13 heavy (non-hydrogen) atoms. The molecule has 1 saturated heterocycles. The zero-order valence-corrected chi connectivity index (χ0v) is 8.98. The van der Waals surface area contributed by atoms with Gasteiger partial charge >= 0.3 is 0 Å². The van der Waals surface area contributed by atoms with E-state index >= 15 is 0 Å². The topological polar surface area (TPSA) is 46.2 Å². The molecule has 1 aliphatic rings. The summed E-state index contributed by atoms with van der Waals surface area (Å²) in [4.78, 5) is 22.5. The van der Waals surface area contributed by atoms with Crippen LogP contribution in [0.4, 0.5) is 0 Å². The molecule has 0 aromatic rings. The molecule has 74 valence electrons. The van der Waals surface area contributed by atoms with E-state index in [2.05, 4.69) is 12.2 Å². The van der Waals surface area contributed by atoms with Gasteiger partial charge in [0, 0.05) is 11.2 Å². The van der Waals surface area contributed by atoms with Crippen LogP contribution in [-0.4, -0.2) is 22.8 Å². The van der Waals surface area contributed by atoms with Gasteiger partial charge in [-0.25, -0.2) is 0 Å². The number of carbonyl (C=O) groups excluding carboxylic acids is 2. The van der Waals surface area contributed by atoms with Crippen LogP contribution in [0.2, 0.25) is 0 Å². The van der Waals surface area contributed by atoms with Gasteiger partial charge in [0.05, 0.1) is 5.92 Å². The van der Waals surface area contributed by atoms with E-state index in [-0.39, 0.29) is 28.9 Å². The van der Waals surface area contributed by atoms with Crippen molar-refractivity contribution in [2.45, 2.75) is 26.0 Å². The third-order valence-corrected chi connectivity index (χ3v) is 3.59. The van der Waals surface area contributed by atoms with Gasteiger partial charge in [-0.15, -0.1) is 0 Å². The van der Waals surface area contributed by atoms with E-state index in [9.17, 15) is 9.59 Å². The van der Waals surface area contributed by atoms with Crippen LogP contribution in [0.1, 0.15) is 20.8 Å². The number of nitrogens with one attached hydrogen (secondary N) is 1. The maximum absolute atomic E-state index is 11.4. The fourth-order valence-corrected chi connectivity index (χ4v) is 2.79. The first kappa shape index (κ1) is 10.6. The van der Waals surface area contributed by atoms with Crippen LogP contribution in [0, 0.1) is 11.8 Å². The molecule has 3 unspecified atom stereocenters.